The number of oxazole rings is 1. The van der Waals surface area contributed by atoms with Gasteiger partial charge in [0.25, 0.3) is 0 Å². The van der Waals surface area contributed by atoms with Crippen molar-refractivity contribution in [2.45, 2.75) is 39.7 Å². The molecule has 1 unspecified atom stereocenters. The van der Waals surface area contributed by atoms with Crippen LogP contribution >= 0.6 is 0 Å². The zero-order valence-corrected chi connectivity index (χ0v) is 19.7. The number of amides is 1. The van der Waals surface area contributed by atoms with E-state index in [-0.39, 0.29) is 5.91 Å². The maximum Gasteiger partial charge on any atom is 0.331 e. The Kier molecular flexibility index (Phi) is 8.62. The number of carboxylic acid groups (broad SMARTS) is 1. The van der Waals surface area contributed by atoms with Crippen LogP contribution in [0.15, 0.2) is 65.1 Å². The molecular formula is C27H30N2O5. The van der Waals surface area contributed by atoms with E-state index in [2.05, 4.69) is 4.98 Å². The molecule has 178 valence electrons. The topological polar surface area (TPSA) is 92.9 Å². The normalized spacial score (nSPS) is 16.2. The summed E-state index contributed by atoms with van der Waals surface area (Å²) in [5, 5.41) is 9.90. The van der Waals surface area contributed by atoms with Gasteiger partial charge < -0.3 is 19.2 Å². The molecule has 7 nitrogen and oxygen atoms in total. The number of carboxylic acids is 1. The molecule has 1 atom stereocenters. The quantitative estimate of drug-likeness (QED) is 0.424. The number of aromatic nitrogens is 1. The number of carbonyl (C=O) groups is 2. The van der Waals surface area contributed by atoms with E-state index in [0.717, 1.165) is 17.0 Å². The molecule has 0 spiro atoms. The Balaban J connectivity index is 1.71. The first-order valence-corrected chi connectivity index (χ1v) is 11.3. The van der Waals surface area contributed by atoms with Gasteiger partial charge in [0.05, 0.1) is 12.3 Å². The van der Waals surface area contributed by atoms with Crippen LogP contribution in [0.4, 0.5) is 0 Å². The number of hydrogen-bond donors (Lipinski definition) is 1. The van der Waals surface area contributed by atoms with Crippen LogP contribution < -0.4 is 4.74 Å². The predicted octanol–water partition coefficient (Wildman–Crippen LogP) is 4.84. The Hall–Kier alpha value is -3.87. The summed E-state index contributed by atoms with van der Waals surface area (Å²) in [6.45, 7) is 6.35. The molecule has 0 saturated heterocycles. The summed E-state index contributed by atoms with van der Waals surface area (Å²) >= 11 is 0. The third kappa shape index (κ3) is 6.13. The maximum atomic E-state index is 12.6. The lowest BCUT2D eigenvalue weighted by molar-refractivity contribution is -0.149. The van der Waals surface area contributed by atoms with Crippen LogP contribution in [0.1, 0.15) is 48.4 Å². The van der Waals surface area contributed by atoms with Gasteiger partial charge >= 0.3 is 5.97 Å². The standard InChI is InChI=1S/C27H30N2O5/c1-4-6-8-10-24-28-23(19(3)34-24)15-17-33-21-13-12-20-14-16-29(25(30)11-9-7-5-2)26(27(31)32)22(20)18-21/h4-13,18,26H,14-17H2,1-3H3,(H,31,32). The van der Waals surface area contributed by atoms with Crippen LogP contribution in [0.3, 0.4) is 0 Å². The summed E-state index contributed by atoms with van der Waals surface area (Å²) in [4.78, 5) is 30.6. The van der Waals surface area contributed by atoms with Crippen LogP contribution in [0.5, 0.6) is 5.75 Å². The lowest BCUT2D eigenvalue weighted by Crippen LogP contribution is -2.42. The molecule has 2 aromatic rings. The summed E-state index contributed by atoms with van der Waals surface area (Å²) in [5.74, 6) is 0.432. The molecule has 0 saturated carbocycles. The minimum atomic E-state index is -1.07. The summed E-state index contributed by atoms with van der Waals surface area (Å²) in [5.41, 5.74) is 2.30. The third-order valence-corrected chi connectivity index (χ3v) is 5.46. The Labute approximate surface area is 199 Å². The first-order valence-electron chi connectivity index (χ1n) is 11.3. The number of ether oxygens (including phenoxy) is 1. The van der Waals surface area contributed by atoms with Crippen molar-refractivity contribution in [1.29, 1.82) is 0 Å². The molecule has 1 N–H and O–H groups in total. The van der Waals surface area contributed by atoms with E-state index in [1.807, 2.05) is 51.1 Å². The van der Waals surface area contributed by atoms with Gasteiger partial charge in [-0.3, -0.25) is 4.79 Å². The average molecular weight is 463 g/mol. The molecule has 1 aromatic carbocycles. The van der Waals surface area contributed by atoms with Crippen LogP contribution in [0.25, 0.3) is 6.08 Å². The fourth-order valence-corrected chi connectivity index (χ4v) is 3.80. The Morgan fingerprint density at radius 1 is 1.21 bits per heavy atom. The second kappa shape index (κ2) is 11.8. The van der Waals surface area contributed by atoms with Crippen LogP contribution in [0, 0.1) is 6.92 Å². The Morgan fingerprint density at radius 2 is 1.97 bits per heavy atom. The molecule has 0 radical (unpaired) electrons. The van der Waals surface area contributed by atoms with Crippen molar-refractivity contribution in [2.75, 3.05) is 13.2 Å². The minimum absolute atomic E-state index is 0.330. The Morgan fingerprint density at radius 3 is 2.71 bits per heavy atom. The molecule has 1 aliphatic rings. The van der Waals surface area contributed by atoms with E-state index in [0.29, 0.717) is 43.2 Å². The van der Waals surface area contributed by atoms with Gasteiger partial charge in [0.2, 0.25) is 11.8 Å². The number of benzene rings is 1. The predicted molar refractivity (Wildman–Crippen MR) is 130 cm³/mol. The first-order chi connectivity index (χ1) is 16.4. The van der Waals surface area contributed by atoms with Crippen LogP contribution in [-0.4, -0.2) is 40.0 Å². The highest BCUT2D eigenvalue weighted by atomic mass is 16.5. The zero-order chi connectivity index (χ0) is 24.5. The van der Waals surface area contributed by atoms with E-state index >= 15 is 0 Å². The number of fused-ring (bicyclic) bond motifs is 1. The third-order valence-electron chi connectivity index (χ3n) is 5.46. The van der Waals surface area contributed by atoms with Crippen molar-refractivity contribution >= 4 is 18.0 Å². The molecule has 0 bridgehead atoms. The highest BCUT2D eigenvalue weighted by Gasteiger charge is 2.35. The molecule has 1 aliphatic heterocycles. The van der Waals surface area contributed by atoms with Crippen LogP contribution in [-0.2, 0) is 22.4 Å². The van der Waals surface area contributed by atoms with Gasteiger partial charge in [-0.15, -0.1) is 0 Å². The lowest BCUT2D eigenvalue weighted by Gasteiger charge is -2.34. The summed E-state index contributed by atoms with van der Waals surface area (Å²) < 4.78 is 11.6. The average Bonchev–Trinajstić information content (AvgIpc) is 3.17. The molecule has 1 amide bonds. The molecule has 1 aromatic heterocycles. The van der Waals surface area contributed by atoms with Crippen molar-refractivity contribution in [3.8, 4) is 5.75 Å². The SMILES string of the molecule is CC=CC=CC(=O)N1CCc2ccc(OCCc3nc(C=CC=CC)oc3C)cc2C1C(=O)O. The van der Waals surface area contributed by atoms with E-state index in [1.165, 1.54) is 11.0 Å². The number of aliphatic carboxylic acids is 1. The van der Waals surface area contributed by atoms with Gasteiger partial charge in [0.1, 0.15) is 11.5 Å². The smallest absolute Gasteiger partial charge is 0.331 e. The molecule has 34 heavy (non-hydrogen) atoms. The minimum Gasteiger partial charge on any atom is -0.493 e. The highest BCUT2D eigenvalue weighted by Crippen LogP contribution is 2.33. The largest absolute Gasteiger partial charge is 0.493 e. The van der Waals surface area contributed by atoms with Crippen molar-refractivity contribution in [2.24, 2.45) is 0 Å². The molecule has 0 fully saturated rings. The number of hydrogen-bond acceptors (Lipinski definition) is 5. The number of allylic oxidation sites excluding steroid dienone is 6. The second-order valence-electron chi connectivity index (χ2n) is 7.81. The van der Waals surface area contributed by atoms with Gasteiger partial charge in [-0.05, 0) is 50.5 Å². The second-order valence-corrected chi connectivity index (χ2v) is 7.81. The van der Waals surface area contributed by atoms with E-state index < -0.39 is 12.0 Å². The fraction of sp³-hybridized carbons (Fsp3) is 0.296. The molecule has 2 heterocycles. The number of carbonyl (C=O) groups excluding carboxylic acids is 1. The number of nitrogens with zero attached hydrogens (tertiary/aromatic N) is 2. The summed E-state index contributed by atoms with van der Waals surface area (Å²) in [6, 6.07) is 4.38. The van der Waals surface area contributed by atoms with Crippen molar-refractivity contribution < 1.29 is 23.8 Å². The summed E-state index contributed by atoms with van der Waals surface area (Å²) in [7, 11) is 0. The fourth-order valence-electron chi connectivity index (χ4n) is 3.80. The molecule has 3 rings (SSSR count). The van der Waals surface area contributed by atoms with Gasteiger partial charge in [-0.25, -0.2) is 9.78 Å². The highest BCUT2D eigenvalue weighted by molar-refractivity contribution is 5.92. The van der Waals surface area contributed by atoms with E-state index in [9.17, 15) is 14.7 Å². The van der Waals surface area contributed by atoms with E-state index in [1.54, 1.807) is 30.4 Å². The van der Waals surface area contributed by atoms with Gasteiger partial charge in [-0.1, -0.05) is 42.5 Å². The van der Waals surface area contributed by atoms with Crippen molar-refractivity contribution in [3.05, 3.63) is 89.2 Å². The summed E-state index contributed by atoms with van der Waals surface area (Å²) in [6.07, 6.45) is 15.2. The van der Waals surface area contributed by atoms with Crippen molar-refractivity contribution in [3.63, 3.8) is 0 Å². The maximum absolute atomic E-state index is 12.6. The van der Waals surface area contributed by atoms with E-state index in [4.69, 9.17) is 9.15 Å². The Bertz CT molecular complexity index is 1140. The first kappa shape index (κ1) is 24.8. The monoisotopic (exact) mass is 462 g/mol. The molecule has 0 aliphatic carbocycles. The molecular weight excluding hydrogens is 432 g/mol. The zero-order valence-electron chi connectivity index (χ0n) is 19.7. The van der Waals surface area contributed by atoms with Crippen molar-refractivity contribution in [1.82, 2.24) is 9.88 Å². The number of aryl methyl sites for hydroxylation is 1. The number of rotatable bonds is 9. The van der Waals surface area contributed by atoms with Gasteiger partial charge in [0, 0.05) is 25.1 Å². The van der Waals surface area contributed by atoms with Crippen LogP contribution in [0.2, 0.25) is 0 Å². The lowest BCUT2D eigenvalue weighted by atomic mass is 9.92. The van der Waals surface area contributed by atoms with Gasteiger partial charge in [-0.2, -0.15) is 0 Å². The van der Waals surface area contributed by atoms with Gasteiger partial charge in [0.15, 0.2) is 6.04 Å². The molecule has 7 heteroatoms.